The molecule has 1 aromatic heterocycles. The molecule has 2 rings (SSSR count). The first kappa shape index (κ1) is 14.3. The molecule has 0 spiro atoms. The van der Waals surface area contributed by atoms with E-state index in [4.69, 9.17) is 4.74 Å². The van der Waals surface area contributed by atoms with Gasteiger partial charge in [0.25, 0.3) is 0 Å². The monoisotopic (exact) mass is 263 g/mol. The molecule has 106 valence electrons. The number of nitrogens with one attached hydrogen (secondary N) is 1. The first-order valence-corrected chi connectivity index (χ1v) is 6.82. The van der Waals surface area contributed by atoms with E-state index in [1.165, 1.54) is 0 Å². The summed E-state index contributed by atoms with van der Waals surface area (Å²) in [6.45, 7) is 11.9. The van der Waals surface area contributed by atoms with Crippen molar-refractivity contribution < 1.29 is 4.74 Å². The van der Waals surface area contributed by atoms with Crippen LogP contribution >= 0.6 is 0 Å². The summed E-state index contributed by atoms with van der Waals surface area (Å²) in [4.78, 5) is 7.01. The van der Waals surface area contributed by atoms with Crippen molar-refractivity contribution >= 4 is 0 Å². The Morgan fingerprint density at radius 3 is 2.74 bits per heavy atom. The summed E-state index contributed by atoms with van der Waals surface area (Å²) in [5.41, 5.74) is 1.35. The van der Waals surface area contributed by atoms with Gasteiger partial charge in [0.1, 0.15) is 0 Å². The first-order valence-electron chi connectivity index (χ1n) is 6.82. The molecule has 0 radical (unpaired) electrons. The molecule has 0 aromatic carbocycles. The Bertz CT molecular complexity index is 443. The third-order valence-electron chi connectivity index (χ3n) is 3.78. The highest BCUT2D eigenvalue weighted by molar-refractivity contribution is 5.16. The van der Waals surface area contributed by atoms with Crippen molar-refractivity contribution in [1.29, 1.82) is 0 Å². The average molecular weight is 263 g/mol. The fourth-order valence-electron chi connectivity index (χ4n) is 2.44. The van der Waals surface area contributed by atoms with Gasteiger partial charge in [0.15, 0.2) is 0 Å². The van der Waals surface area contributed by atoms with Gasteiger partial charge in [0, 0.05) is 36.8 Å². The van der Waals surface area contributed by atoms with E-state index in [9.17, 15) is 0 Å². The number of rotatable bonds is 3. The van der Waals surface area contributed by atoms with E-state index >= 15 is 0 Å². The number of hydrogen-bond donors (Lipinski definition) is 1. The molecule has 4 nitrogen and oxygen atoms in total. The Hall–Kier alpha value is -1.13. The van der Waals surface area contributed by atoms with Gasteiger partial charge < -0.3 is 10.1 Å². The number of aromatic nitrogens is 1. The smallest absolute Gasteiger partial charge is 0.213 e. The summed E-state index contributed by atoms with van der Waals surface area (Å²) >= 11 is 0. The second kappa shape index (κ2) is 5.10. The van der Waals surface area contributed by atoms with Crippen LogP contribution in [-0.2, 0) is 6.54 Å². The summed E-state index contributed by atoms with van der Waals surface area (Å²) in [5.74, 6) is 0.685. The number of piperazine rings is 1. The molecule has 1 aliphatic rings. The number of methoxy groups -OCH3 is 1. The van der Waals surface area contributed by atoms with Gasteiger partial charge in [-0.25, -0.2) is 4.98 Å². The van der Waals surface area contributed by atoms with Crippen molar-refractivity contribution in [2.24, 2.45) is 0 Å². The highest BCUT2D eigenvalue weighted by Gasteiger charge is 2.37. The third-order valence-corrected chi connectivity index (χ3v) is 3.78. The molecule has 19 heavy (non-hydrogen) atoms. The zero-order valence-corrected chi connectivity index (χ0v) is 12.7. The largest absolute Gasteiger partial charge is 0.481 e. The van der Waals surface area contributed by atoms with E-state index in [1.807, 2.05) is 12.1 Å². The Labute approximate surface area is 116 Å². The highest BCUT2D eigenvalue weighted by atomic mass is 16.5. The first-order chi connectivity index (χ1) is 8.82. The zero-order chi connectivity index (χ0) is 14.1. The van der Waals surface area contributed by atoms with E-state index in [2.05, 4.69) is 49.0 Å². The van der Waals surface area contributed by atoms with Crippen molar-refractivity contribution in [3.05, 3.63) is 23.9 Å². The number of nitrogens with zero attached hydrogens (tertiary/aromatic N) is 2. The van der Waals surface area contributed by atoms with Gasteiger partial charge in [0.2, 0.25) is 5.88 Å². The summed E-state index contributed by atoms with van der Waals surface area (Å²) in [6, 6.07) is 5.95. The molecule has 1 saturated heterocycles. The van der Waals surface area contributed by atoms with Gasteiger partial charge in [-0.15, -0.1) is 0 Å². The van der Waals surface area contributed by atoms with Crippen LogP contribution < -0.4 is 10.1 Å². The summed E-state index contributed by atoms with van der Waals surface area (Å²) in [5, 5.41) is 3.60. The second-order valence-corrected chi connectivity index (χ2v) is 6.58. The molecular weight excluding hydrogens is 238 g/mol. The molecule has 1 fully saturated rings. The van der Waals surface area contributed by atoms with Crippen LogP contribution in [-0.4, -0.2) is 41.2 Å². The van der Waals surface area contributed by atoms with Crippen molar-refractivity contribution in [2.45, 2.75) is 45.3 Å². The average Bonchev–Trinajstić information content (AvgIpc) is 2.35. The lowest BCUT2D eigenvalue weighted by molar-refractivity contribution is 0.0313. The van der Waals surface area contributed by atoms with Gasteiger partial charge in [-0.1, -0.05) is 6.07 Å². The van der Waals surface area contributed by atoms with Crippen LogP contribution in [0.5, 0.6) is 5.88 Å². The molecule has 1 aliphatic heterocycles. The predicted molar refractivity (Wildman–Crippen MR) is 77.4 cm³/mol. The second-order valence-electron chi connectivity index (χ2n) is 6.58. The zero-order valence-electron chi connectivity index (χ0n) is 12.7. The minimum Gasteiger partial charge on any atom is -0.481 e. The SMILES string of the molecule is COc1cccc(CN2CC(C)(C)NCC2(C)C)n1. The van der Waals surface area contributed by atoms with E-state index in [-0.39, 0.29) is 11.1 Å². The Kier molecular flexibility index (Phi) is 3.83. The topological polar surface area (TPSA) is 37.4 Å². The predicted octanol–water partition coefficient (Wildman–Crippen LogP) is 2.05. The summed E-state index contributed by atoms with van der Waals surface area (Å²) in [6.07, 6.45) is 0. The van der Waals surface area contributed by atoms with Crippen molar-refractivity contribution in [1.82, 2.24) is 15.2 Å². The summed E-state index contributed by atoms with van der Waals surface area (Å²) < 4.78 is 5.19. The van der Waals surface area contributed by atoms with Gasteiger partial charge >= 0.3 is 0 Å². The molecule has 0 saturated carbocycles. The van der Waals surface area contributed by atoms with Crippen LogP contribution in [0.4, 0.5) is 0 Å². The molecule has 2 heterocycles. The van der Waals surface area contributed by atoms with Gasteiger partial charge in [0.05, 0.1) is 12.8 Å². The number of ether oxygens (including phenoxy) is 1. The van der Waals surface area contributed by atoms with Crippen molar-refractivity contribution in [3.8, 4) is 5.88 Å². The molecule has 0 amide bonds. The minimum absolute atomic E-state index is 0.139. The van der Waals surface area contributed by atoms with Crippen LogP contribution in [0.2, 0.25) is 0 Å². The lowest BCUT2D eigenvalue weighted by Gasteiger charge is -2.49. The normalized spacial score (nSPS) is 22.2. The molecule has 0 unspecified atom stereocenters. The summed E-state index contributed by atoms with van der Waals surface area (Å²) in [7, 11) is 1.66. The van der Waals surface area contributed by atoms with Crippen LogP contribution in [0.25, 0.3) is 0 Å². The maximum absolute atomic E-state index is 5.19. The van der Waals surface area contributed by atoms with Gasteiger partial charge in [-0.05, 0) is 33.8 Å². The van der Waals surface area contributed by atoms with Crippen LogP contribution in [0.1, 0.15) is 33.4 Å². The van der Waals surface area contributed by atoms with Crippen LogP contribution in [0.3, 0.4) is 0 Å². The molecule has 0 atom stereocenters. The lowest BCUT2D eigenvalue weighted by Crippen LogP contribution is -2.65. The Morgan fingerprint density at radius 2 is 2.05 bits per heavy atom. The molecular formula is C15H25N3O. The van der Waals surface area contributed by atoms with Crippen molar-refractivity contribution in [2.75, 3.05) is 20.2 Å². The molecule has 0 aliphatic carbocycles. The fraction of sp³-hybridized carbons (Fsp3) is 0.667. The van der Waals surface area contributed by atoms with Gasteiger partial charge in [-0.2, -0.15) is 0 Å². The van der Waals surface area contributed by atoms with Gasteiger partial charge in [-0.3, -0.25) is 4.90 Å². The molecule has 1 N–H and O–H groups in total. The fourth-order valence-corrected chi connectivity index (χ4v) is 2.44. The Balaban J connectivity index is 2.15. The number of hydrogen-bond acceptors (Lipinski definition) is 4. The lowest BCUT2D eigenvalue weighted by atomic mass is 9.91. The van der Waals surface area contributed by atoms with E-state index in [0.717, 1.165) is 25.3 Å². The minimum atomic E-state index is 0.139. The quantitative estimate of drug-likeness (QED) is 0.905. The maximum atomic E-state index is 5.19. The number of pyridine rings is 1. The molecule has 4 heteroatoms. The third kappa shape index (κ3) is 3.45. The van der Waals surface area contributed by atoms with E-state index in [1.54, 1.807) is 7.11 Å². The van der Waals surface area contributed by atoms with E-state index in [0.29, 0.717) is 5.88 Å². The maximum Gasteiger partial charge on any atom is 0.213 e. The molecule has 1 aromatic rings. The highest BCUT2D eigenvalue weighted by Crippen LogP contribution is 2.25. The standard InChI is InChI=1S/C15H25N3O/c1-14(2)11-18(15(3,4)10-16-14)9-12-7-6-8-13(17-12)19-5/h6-8,16H,9-11H2,1-5H3. The van der Waals surface area contributed by atoms with Crippen LogP contribution in [0.15, 0.2) is 18.2 Å². The molecule has 0 bridgehead atoms. The van der Waals surface area contributed by atoms with Crippen molar-refractivity contribution in [3.63, 3.8) is 0 Å². The Morgan fingerprint density at radius 1 is 1.32 bits per heavy atom. The van der Waals surface area contributed by atoms with E-state index < -0.39 is 0 Å². The van der Waals surface area contributed by atoms with Crippen LogP contribution in [0, 0.1) is 0 Å².